The molecule has 1 aliphatic carbocycles. The molecule has 5 unspecified atom stereocenters. The second kappa shape index (κ2) is 8.94. The number of carbonyl (C=O) groups excluding carboxylic acids is 1. The maximum Gasteiger partial charge on any atom is 0.318 e. The van der Waals surface area contributed by atoms with Gasteiger partial charge < -0.3 is 24.1 Å². The Morgan fingerprint density at radius 2 is 2.00 bits per heavy atom. The maximum atomic E-state index is 11.4. The third kappa shape index (κ3) is 4.56. The molecule has 0 amide bonds. The molecular weight excluding hydrogens is 415 g/mol. The standard InChI is InChI=1S/C16H27IO6/c1-20-15(19)11(17)6-4-5-9-7-10-13(23-9)8-12(18)14(10)16(21-2)22-3/h9-14,16,18H,4-8H2,1-3H3/t9?,10?,11-,12?,13?,14?/m0/s1. The summed E-state index contributed by atoms with van der Waals surface area (Å²) in [6.07, 6.45) is 3.67. The van der Waals surface area contributed by atoms with Crippen LogP contribution in [0.15, 0.2) is 0 Å². The van der Waals surface area contributed by atoms with Crippen LogP contribution in [-0.2, 0) is 23.7 Å². The molecule has 1 saturated carbocycles. The van der Waals surface area contributed by atoms with Gasteiger partial charge in [0.2, 0.25) is 0 Å². The van der Waals surface area contributed by atoms with E-state index >= 15 is 0 Å². The van der Waals surface area contributed by atoms with Crippen LogP contribution < -0.4 is 0 Å². The van der Waals surface area contributed by atoms with Gasteiger partial charge in [0.05, 0.1) is 25.4 Å². The number of carbonyl (C=O) groups is 1. The van der Waals surface area contributed by atoms with Gasteiger partial charge in [0.1, 0.15) is 3.92 Å². The first kappa shape index (κ1) is 19.4. The zero-order valence-corrected chi connectivity index (χ0v) is 16.1. The molecule has 6 nitrogen and oxygen atoms in total. The molecule has 2 fully saturated rings. The predicted octanol–water partition coefficient (Wildman–Crippen LogP) is 1.91. The van der Waals surface area contributed by atoms with Crippen molar-refractivity contribution in [1.82, 2.24) is 0 Å². The minimum Gasteiger partial charge on any atom is -0.468 e. The Balaban J connectivity index is 1.81. The first-order chi connectivity index (χ1) is 11.0. The molecular formula is C16H27IO6. The van der Waals surface area contributed by atoms with Crippen molar-refractivity contribution in [3.05, 3.63) is 0 Å². The second-order valence-electron chi connectivity index (χ2n) is 6.34. The van der Waals surface area contributed by atoms with Gasteiger partial charge in [-0.1, -0.05) is 22.6 Å². The van der Waals surface area contributed by atoms with E-state index in [2.05, 4.69) is 22.6 Å². The van der Waals surface area contributed by atoms with Crippen LogP contribution in [0.5, 0.6) is 0 Å². The SMILES string of the molecule is COC(=O)[C@@H](I)CCCC1CC2C(CC(O)C2C(OC)OC)O1. The molecule has 0 aromatic rings. The van der Waals surface area contributed by atoms with Crippen LogP contribution in [0.2, 0.25) is 0 Å². The number of ether oxygens (including phenoxy) is 4. The molecule has 1 heterocycles. The van der Waals surface area contributed by atoms with E-state index < -0.39 is 6.10 Å². The van der Waals surface area contributed by atoms with Crippen LogP contribution in [0.1, 0.15) is 32.1 Å². The van der Waals surface area contributed by atoms with Crippen LogP contribution in [0, 0.1) is 11.8 Å². The second-order valence-corrected chi connectivity index (χ2v) is 7.84. The molecule has 0 aromatic carbocycles. The first-order valence-corrected chi connectivity index (χ1v) is 9.37. The molecule has 2 rings (SSSR count). The fraction of sp³-hybridized carbons (Fsp3) is 0.938. The van der Waals surface area contributed by atoms with Gasteiger partial charge >= 0.3 is 5.97 Å². The van der Waals surface area contributed by atoms with Crippen molar-refractivity contribution in [2.75, 3.05) is 21.3 Å². The normalized spacial score (nSPS) is 34.6. The molecule has 2 aliphatic rings. The van der Waals surface area contributed by atoms with E-state index in [4.69, 9.17) is 18.9 Å². The number of aliphatic hydroxyl groups excluding tert-OH is 1. The number of rotatable bonds is 8. The van der Waals surface area contributed by atoms with E-state index in [-0.39, 0.29) is 40.2 Å². The minimum atomic E-state index is -0.436. The monoisotopic (exact) mass is 442 g/mol. The molecule has 1 N–H and O–H groups in total. The van der Waals surface area contributed by atoms with Crippen LogP contribution >= 0.6 is 22.6 Å². The van der Waals surface area contributed by atoms with Crippen molar-refractivity contribution < 1.29 is 28.8 Å². The Morgan fingerprint density at radius 3 is 2.61 bits per heavy atom. The first-order valence-electron chi connectivity index (χ1n) is 8.12. The van der Waals surface area contributed by atoms with Crippen molar-refractivity contribution in [2.45, 2.75) is 60.6 Å². The summed E-state index contributed by atoms with van der Waals surface area (Å²) < 4.78 is 21.5. The van der Waals surface area contributed by atoms with E-state index in [1.165, 1.54) is 7.11 Å². The van der Waals surface area contributed by atoms with Crippen molar-refractivity contribution in [2.24, 2.45) is 11.8 Å². The zero-order valence-electron chi connectivity index (χ0n) is 13.9. The number of fused-ring (bicyclic) bond motifs is 1. The third-order valence-corrected chi connectivity index (χ3v) is 6.14. The Labute approximate surface area is 151 Å². The van der Waals surface area contributed by atoms with E-state index in [9.17, 15) is 9.90 Å². The van der Waals surface area contributed by atoms with Crippen LogP contribution in [0.3, 0.4) is 0 Å². The molecule has 0 radical (unpaired) electrons. The summed E-state index contributed by atoms with van der Waals surface area (Å²) in [4.78, 5) is 11.4. The number of methoxy groups -OCH3 is 3. The lowest BCUT2D eigenvalue weighted by Gasteiger charge is -2.27. The third-order valence-electron chi connectivity index (χ3n) is 5.01. The maximum absolute atomic E-state index is 11.4. The highest BCUT2D eigenvalue weighted by Crippen LogP contribution is 2.46. The molecule has 7 heteroatoms. The molecule has 0 spiro atoms. The summed E-state index contributed by atoms with van der Waals surface area (Å²) in [6.45, 7) is 0. The van der Waals surface area contributed by atoms with Gasteiger partial charge in [0.15, 0.2) is 6.29 Å². The highest BCUT2D eigenvalue weighted by Gasteiger charge is 2.52. The smallest absolute Gasteiger partial charge is 0.318 e. The van der Waals surface area contributed by atoms with Gasteiger partial charge in [-0.05, 0) is 31.6 Å². The molecule has 1 aliphatic heterocycles. The summed E-state index contributed by atoms with van der Waals surface area (Å²) in [7, 11) is 4.63. The molecule has 6 atom stereocenters. The van der Waals surface area contributed by atoms with Gasteiger partial charge in [-0.25, -0.2) is 0 Å². The fourth-order valence-corrected chi connectivity index (χ4v) is 4.62. The summed E-state index contributed by atoms with van der Waals surface area (Å²) in [5, 5.41) is 10.3. The number of alkyl halides is 1. The number of hydrogen-bond donors (Lipinski definition) is 1. The largest absolute Gasteiger partial charge is 0.468 e. The van der Waals surface area contributed by atoms with E-state index in [1.807, 2.05) is 0 Å². The molecule has 23 heavy (non-hydrogen) atoms. The predicted molar refractivity (Wildman–Crippen MR) is 92.4 cm³/mol. The van der Waals surface area contributed by atoms with Gasteiger partial charge in [-0.2, -0.15) is 0 Å². The van der Waals surface area contributed by atoms with Crippen molar-refractivity contribution in [3.8, 4) is 0 Å². The van der Waals surface area contributed by atoms with Crippen molar-refractivity contribution in [3.63, 3.8) is 0 Å². The topological polar surface area (TPSA) is 74.2 Å². The van der Waals surface area contributed by atoms with Gasteiger partial charge in [0.25, 0.3) is 0 Å². The van der Waals surface area contributed by atoms with E-state index in [0.29, 0.717) is 6.42 Å². The summed E-state index contributed by atoms with van der Waals surface area (Å²) in [5.41, 5.74) is 0. The quantitative estimate of drug-likeness (QED) is 0.268. The van der Waals surface area contributed by atoms with Crippen LogP contribution in [0.25, 0.3) is 0 Å². The lowest BCUT2D eigenvalue weighted by molar-refractivity contribution is -0.164. The summed E-state index contributed by atoms with van der Waals surface area (Å²) >= 11 is 2.12. The Morgan fingerprint density at radius 1 is 1.30 bits per heavy atom. The van der Waals surface area contributed by atoms with Gasteiger partial charge in [0, 0.05) is 26.6 Å². The Hall–Kier alpha value is 0.0400. The number of esters is 1. The molecule has 0 aromatic heterocycles. The van der Waals surface area contributed by atoms with E-state index in [1.54, 1.807) is 14.2 Å². The average Bonchev–Trinajstić information content (AvgIpc) is 3.05. The van der Waals surface area contributed by atoms with Crippen molar-refractivity contribution >= 4 is 28.6 Å². The minimum absolute atomic E-state index is 0.0348. The average molecular weight is 442 g/mol. The zero-order chi connectivity index (χ0) is 17.0. The summed E-state index contributed by atoms with van der Waals surface area (Å²) in [5.74, 6) is 0.0734. The lowest BCUT2D eigenvalue weighted by Crippen LogP contribution is -2.35. The Kier molecular flexibility index (Phi) is 7.53. The number of halogens is 1. The molecule has 134 valence electrons. The Bertz CT molecular complexity index is 389. The highest BCUT2D eigenvalue weighted by molar-refractivity contribution is 14.1. The van der Waals surface area contributed by atoms with Gasteiger partial charge in [-0.15, -0.1) is 0 Å². The van der Waals surface area contributed by atoms with Gasteiger partial charge in [-0.3, -0.25) is 4.79 Å². The summed E-state index contributed by atoms with van der Waals surface area (Å²) in [6, 6.07) is 0. The lowest BCUT2D eigenvalue weighted by atomic mass is 9.89. The van der Waals surface area contributed by atoms with Crippen molar-refractivity contribution in [1.29, 1.82) is 0 Å². The number of hydrogen-bond acceptors (Lipinski definition) is 6. The van der Waals surface area contributed by atoms with E-state index in [0.717, 1.165) is 25.7 Å². The fourth-order valence-electron chi connectivity index (χ4n) is 3.92. The van der Waals surface area contributed by atoms with Crippen LogP contribution in [0.4, 0.5) is 0 Å². The highest BCUT2D eigenvalue weighted by atomic mass is 127. The van der Waals surface area contributed by atoms with Crippen LogP contribution in [-0.4, -0.2) is 60.9 Å². The molecule has 0 bridgehead atoms. The molecule has 1 saturated heterocycles. The number of aliphatic hydroxyl groups is 1.